The molecule has 0 atom stereocenters. The minimum absolute atomic E-state index is 0.0929. The van der Waals surface area contributed by atoms with Gasteiger partial charge in [-0.05, 0) is 40.5 Å². The van der Waals surface area contributed by atoms with Gasteiger partial charge in [0.05, 0.1) is 0 Å². The highest BCUT2D eigenvalue weighted by Crippen LogP contribution is 2.10. The van der Waals surface area contributed by atoms with Gasteiger partial charge in [0.25, 0.3) is 0 Å². The van der Waals surface area contributed by atoms with Crippen LogP contribution < -0.4 is 11.1 Å². The molecule has 3 nitrogen and oxygen atoms in total. The molecule has 3 heteroatoms. The number of carbonyl (C=O) groups is 1. The van der Waals surface area contributed by atoms with Gasteiger partial charge in [0.15, 0.2) is 0 Å². The summed E-state index contributed by atoms with van der Waals surface area (Å²) in [5.74, 6) is 0.0929. The molecule has 0 rings (SSSR count). The zero-order valence-electron chi connectivity index (χ0n) is 10.1. The molecule has 14 heavy (non-hydrogen) atoms. The van der Waals surface area contributed by atoms with E-state index in [2.05, 4.69) is 12.2 Å². The second kappa shape index (κ2) is 4.78. The van der Waals surface area contributed by atoms with E-state index in [9.17, 15) is 4.79 Å². The Kier molecular flexibility index (Phi) is 4.59. The molecule has 0 heterocycles. The zero-order valence-corrected chi connectivity index (χ0v) is 10.1. The van der Waals surface area contributed by atoms with E-state index in [0.717, 1.165) is 12.8 Å². The van der Waals surface area contributed by atoms with Crippen LogP contribution in [0.15, 0.2) is 0 Å². The maximum atomic E-state index is 11.5. The van der Waals surface area contributed by atoms with Crippen LogP contribution in [-0.4, -0.2) is 17.0 Å². The zero-order chi connectivity index (χ0) is 11.4. The number of rotatable bonds is 5. The van der Waals surface area contributed by atoms with Crippen molar-refractivity contribution in [2.45, 2.75) is 65.0 Å². The second-order valence-corrected chi connectivity index (χ2v) is 5.27. The fraction of sp³-hybridized carbons (Fsp3) is 0.909. The first-order valence-corrected chi connectivity index (χ1v) is 5.26. The van der Waals surface area contributed by atoms with Crippen molar-refractivity contribution < 1.29 is 4.79 Å². The number of nitrogens with two attached hydrogens (primary N) is 1. The van der Waals surface area contributed by atoms with Crippen LogP contribution in [0.5, 0.6) is 0 Å². The lowest BCUT2D eigenvalue weighted by Gasteiger charge is -2.25. The lowest BCUT2D eigenvalue weighted by atomic mass is 9.98. The Bertz CT molecular complexity index is 192. The molecule has 0 aromatic heterocycles. The molecule has 0 spiro atoms. The fourth-order valence-electron chi connectivity index (χ4n) is 0.964. The maximum Gasteiger partial charge on any atom is 0.220 e. The van der Waals surface area contributed by atoms with Crippen molar-refractivity contribution in [2.24, 2.45) is 5.73 Å². The Labute approximate surface area is 87.4 Å². The minimum Gasteiger partial charge on any atom is -0.351 e. The van der Waals surface area contributed by atoms with Crippen molar-refractivity contribution >= 4 is 5.91 Å². The summed E-state index contributed by atoms with van der Waals surface area (Å²) < 4.78 is 0. The molecule has 0 fully saturated rings. The molecule has 0 bridgehead atoms. The monoisotopic (exact) mass is 200 g/mol. The summed E-state index contributed by atoms with van der Waals surface area (Å²) in [6.07, 6.45) is 2.16. The number of amides is 1. The Morgan fingerprint density at radius 1 is 1.29 bits per heavy atom. The number of hydrogen-bond donors (Lipinski definition) is 2. The fourth-order valence-corrected chi connectivity index (χ4v) is 0.964. The minimum atomic E-state index is -0.256. The standard InChI is InChI=1S/C11H24N2O/c1-6-11(4,5)13-9(14)7-8-10(2,3)12/h6-8,12H2,1-5H3,(H,13,14). The largest absolute Gasteiger partial charge is 0.351 e. The Balaban J connectivity index is 3.89. The summed E-state index contributed by atoms with van der Waals surface area (Å²) in [5.41, 5.74) is 5.44. The van der Waals surface area contributed by atoms with Crippen molar-refractivity contribution in [3.8, 4) is 0 Å². The molecule has 0 aromatic rings. The average Bonchev–Trinajstić information content (AvgIpc) is 1.99. The van der Waals surface area contributed by atoms with Gasteiger partial charge in [-0.3, -0.25) is 4.79 Å². The van der Waals surface area contributed by atoms with Gasteiger partial charge in [-0.25, -0.2) is 0 Å². The Hall–Kier alpha value is -0.570. The average molecular weight is 200 g/mol. The third-order valence-corrected chi connectivity index (χ3v) is 2.36. The summed E-state index contributed by atoms with van der Waals surface area (Å²) >= 11 is 0. The van der Waals surface area contributed by atoms with Crippen LogP contribution in [0.1, 0.15) is 53.9 Å². The van der Waals surface area contributed by atoms with E-state index in [-0.39, 0.29) is 17.0 Å². The molecule has 84 valence electrons. The van der Waals surface area contributed by atoms with E-state index in [1.165, 1.54) is 0 Å². The maximum absolute atomic E-state index is 11.5. The summed E-state index contributed by atoms with van der Waals surface area (Å²) in [6.45, 7) is 9.99. The molecule has 1 amide bonds. The highest BCUT2D eigenvalue weighted by Gasteiger charge is 2.19. The lowest BCUT2D eigenvalue weighted by molar-refractivity contribution is -0.123. The van der Waals surface area contributed by atoms with E-state index in [1.54, 1.807) is 0 Å². The summed E-state index contributed by atoms with van der Waals surface area (Å²) in [4.78, 5) is 11.5. The van der Waals surface area contributed by atoms with Crippen LogP contribution in [0.25, 0.3) is 0 Å². The van der Waals surface area contributed by atoms with Crippen molar-refractivity contribution in [3.63, 3.8) is 0 Å². The number of carbonyl (C=O) groups excluding carboxylic acids is 1. The molecule has 0 saturated carbocycles. The molecule has 0 aliphatic carbocycles. The SMILES string of the molecule is CCC(C)(C)NC(=O)CCC(C)(C)N. The highest BCUT2D eigenvalue weighted by atomic mass is 16.1. The third kappa shape index (κ3) is 6.89. The van der Waals surface area contributed by atoms with Crippen molar-refractivity contribution in [2.75, 3.05) is 0 Å². The topological polar surface area (TPSA) is 55.1 Å². The molecule has 0 radical (unpaired) electrons. The van der Waals surface area contributed by atoms with Gasteiger partial charge in [-0.15, -0.1) is 0 Å². The Morgan fingerprint density at radius 2 is 1.79 bits per heavy atom. The summed E-state index contributed by atoms with van der Waals surface area (Å²) in [5, 5.41) is 2.98. The normalized spacial score (nSPS) is 12.7. The number of hydrogen-bond acceptors (Lipinski definition) is 2. The van der Waals surface area contributed by atoms with Crippen molar-refractivity contribution in [1.82, 2.24) is 5.32 Å². The molecule has 0 aromatic carbocycles. The van der Waals surface area contributed by atoms with Gasteiger partial charge in [-0.1, -0.05) is 6.92 Å². The molecular weight excluding hydrogens is 176 g/mol. The van der Waals surface area contributed by atoms with Crippen LogP contribution in [0, 0.1) is 0 Å². The van der Waals surface area contributed by atoms with Gasteiger partial charge in [0.2, 0.25) is 5.91 Å². The van der Waals surface area contributed by atoms with Gasteiger partial charge in [0.1, 0.15) is 0 Å². The molecule has 0 aliphatic heterocycles. The number of nitrogens with one attached hydrogen (secondary N) is 1. The predicted molar refractivity (Wildman–Crippen MR) is 60.0 cm³/mol. The van der Waals surface area contributed by atoms with Gasteiger partial charge >= 0.3 is 0 Å². The van der Waals surface area contributed by atoms with Crippen molar-refractivity contribution in [1.29, 1.82) is 0 Å². The first-order chi connectivity index (χ1) is 6.16. The van der Waals surface area contributed by atoms with Crippen molar-refractivity contribution in [3.05, 3.63) is 0 Å². The highest BCUT2D eigenvalue weighted by molar-refractivity contribution is 5.76. The Morgan fingerprint density at radius 3 is 2.14 bits per heavy atom. The quantitative estimate of drug-likeness (QED) is 0.711. The first-order valence-electron chi connectivity index (χ1n) is 5.26. The van der Waals surface area contributed by atoms with E-state index in [4.69, 9.17) is 5.73 Å². The molecule has 3 N–H and O–H groups in total. The molecule has 0 aliphatic rings. The van der Waals surface area contributed by atoms with E-state index in [1.807, 2.05) is 27.7 Å². The van der Waals surface area contributed by atoms with Crippen LogP contribution in [0.4, 0.5) is 0 Å². The lowest BCUT2D eigenvalue weighted by Crippen LogP contribution is -2.43. The van der Waals surface area contributed by atoms with Crippen LogP contribution in [0.3, 0.4) is 0 Å². The van der Waals surface area contributed by atoms with Gasteiger partial charge in [-0.2, -0.15) is 0 Å². The van der Waals surface area contributed by atoms with Crippen LogP contribution in [0.2, 0.25) is 0 Å². The van der Waals surface area contributed by atoms with E-state index >= 15 is 0 Å². The molecule has 0 saturated heterocycles. The second-order valence-electron chi connectivity index (χ2n) is 5.27. The van der Waals surface area contributed by atoms with Crippen LogP contribution >= 0.6 is 0 Å². The molecular formula is C11H24N2O. The first kappa shape index (κ1) is 13.4. The smallest absolute Gasteiger partial charge is 0.220 e. The summed E-state index contributed by atoms with van der Waals surface area (Å²) in [6, 6.07) is 0. The third-order valence-electron chi connectivity index (χ3n) is 2.36. The predicted octanol–water partition coefficient (Wildman–Crippen LogP) is 1.81. The van der Waals surface area contributed by atoms with Gasteiger partial charge < -0.3 is 11.1 Å². The van der Waals surface area contributed by atoms with E-state index < -0.39 is 0 Å². The van der Waals surface area contributed by atoms with Gasteiger partial charge in [0, 0.05) is 17.5 Å². The summed E-state index contributed by atoms with van der Waals surface area (Å²) in [7, 11) is 0. The van der Waals surface area contributed by atoms with E-state index in [0.29, 0.717) is 6.42 Å². The molecule has 0 unspecified atom stereocenters. The van der Waals surface area contributed by atoms with Crippen LogP contribution in [-0.2, 0) is 4.79 Å².